The smallest absolute Gasteiger partial charge is 0.416 e. The summed E-state index contributed by atoms with van der Waals surface area (Å²) in [7, 11) is 0. The van der Waals surface area contributed by atoms with Crippen molar-refractivity contribution in [3.05, 3.63) is 89.5 Å². The van der Waals surface area contributed by atoms with E-state index in [-0.39, 0.29) is 11.8 Å². The van der Waals surface area contributed by atoms with Crippen molar-refractivity contribution in [2.24, 2.45) is 5.73 Å². The van der Waals surface area contributed by atoms with Gasteiger partial charge in [-0.1, -0.05) is 48.5 Å². The van der Waals surface area contributed by atoms with E-state index in [1.165, 1.54) is 12.1 Å². The first-order valence-electron chi connectivity index (χ1n) is 13.5. The van der Waals surface area contributed by atoms with Crippen LogP contribution in [-0.2, 0) is 19.1 Å². The zero-order valence-corrected chi connectivity index (χ0v) is 22.4. The van der Waals surface area contributed by atoms with Crippen LogP contribution in [0.3, 0.4) is 0 Å². The van der Waals surface area contributed by atoms with Crippen LogP contribution >= 0.6 is 0 Å². The van der Waals surface area contributed by atoms with Crippen LogP contribution in [0, 0.1) is 0 Å². The zero-order chi connectivity index (χ0) is 28.8. The number of piperidine rings is 1. The normalized spacial score (nSPS) is 14.2. The summed E-state index contributed by atoms with van der Waals surface area (Å²) in [6.07, 6.45) is -1.98. The SMILES string of the molecule is NC1CCN(c2nc(NCCc3ccc(O)cc3)nc(NCc3ccccc3-c3ccc(C(F)(F)F)cc3)n2)CC1. The van der Waals surface area contributed by atoms with Gasteiger partial charge < -0.3 is 26.4 Å². The number of phenols is 1. The summed E-state index contributed by atoms with van der Waals surface area (Å²) < 4.78 is 39.2. The molecule has 3 aromatic carbocycles. The second kappa shape index (κ2) is 12.4. The number of nitrogens with one attached hydrogen (secondary N) is 2. The minimum absolute atomic E-state index is 0.162. The third kappa shape index (κ3) is 7.43. The molecule has 2 heterocycles. The number of aromatic hydroxyl groups is 1. The number of rotatable bonds is 9. The monoisotopic (exact) mass is 563 g/mol. The van der Waals surface area contributed by atoms with Crippen LogP contribution in [0.4, 0.5) is 31.0 Å². The highest BCUT2D eigenvalue weighted by Gasteiger charge is 2.30. The van der Waals surface area contributed by atoms with Gasteiger partial charge in [0.05, 0.1) is 5.56 Å². The molecule has 1 fully saturated rings. The third-order valence-corrected chi connectivity index (χ3v) is 7.06. The molecule has 41 heavy (non-hydrogen) atoms. The average Bonchev–Trinajstić information content (AvgIpc) is 2.97. The summed E-state index contributed by atoms with van der Waals surface area (Å²) in [5, 5.41) is 16.1. The lowest BCUT2D eigenvalue weighted by atomic mass is 9.98. The van der Waals surface area contributed by atoms with Crippen molar-refractivity contribution in [1.29, 1.82) is 0 Å². The number of alkyl halides is 3. The summed E-state index contributed by atoms with van der Waals surface area (Å²) >= 11 is 0. The van der Waals surface area contributed by atoms with Crippen LogP contribution in [0.2, 0.25) is 0 Å². The Kier molecular flexibility index (Phi) is 8.53. The number of aromatic nitrogens is 3. The summed E-state index contributed by atoms with van der Waals surface area (Å²) in [6.45, 7) is 2.43. The lowest BCUT2D eigenvalue weighted by molar-refractivity contribution is -0.137. The Morgan fingerprint density at radius 2 is 1.51 bits per heavy atom. The fraction of sp³-hybridized carbons (Fsp3) is 0.300. The fourth-order valence-electron chi connectivity index (χ4n) is 4.71. The number of hydrogen-bond donors (Lipinski definition) is 4. The van der Waals surface area contributed by atoms with Gasteiger partial charge in [-0.2, -0.15) is 28.1 Å². The Bertz CT molecular complexity index is 1440. The molecule has 1 saturated heterocycles. The van der Waals surface area contributed by atoms with E-state index in [1.807, 2.05) is 36.4 Å². The Morgan fingerprint density at radius 3 is 2.20 bits per heavy atom. The molecule has 5 rings (SSSR count). The average molecular weight is 564 g/mol. The molecule has 1 aliphatic rings. The van der Waals surface area contributed by atoms with Crippen LogP contribution in [0.25, 0.3) is 11.1 Å². The molecule has 0 saturated carbocycles. The first-order chi connectivity index (χ1) is 19.7. The minimum atomic E-state index is -4.38. The van der Waals surface area contributed by atoms with Gasteiger partial charge in [0.15, 0.2) is 0 Å². The second-order valence-electron chi connectivity index (χ2n) is 10.0. The van der Waals surface area contributed by atoms with Crippen molar-refractivity contribution >= 4 is 17.8 Å². The Hall–Kier alpha value is -4.38. The van der Waals surface area contributed by atoms with E-state index in [9.17, 15) is 18.3 Å². The summed E-state index contributed by atoms with van der Waals surface area (Å²) in [6, 6.07) is 19.9. The standard InChI is InChI=1S/C30H32F3N7O/c31-30(32,33)23-9-7-21(8-10-23)26-4-2-1-3-22(26)19-36-28-37-27(35-16-13-20-5-11-25(41)12-6-20)38-29(39-28)40-17-14-24(34)15-18-40/h1-12,24,41H,13-19,34H2,(H2,35,36,37,38,39). The van der Waals surface area contributed by atoms with Gasteiger partial charge in [0.2, 0.25) is 17.8 Å². The molecule has 5 N–H and O–H groups in total. The lowest BCUT2D eigenvalue weighted by Gasteiger charge is -2.30. The van der Waals surface area contributed by atoms with Crippen molar-refractivity contribution in [2.45, 2.75) is 38.0 Å². The fourth-order valence-corrected chi connectivity index (χ4v) is 4.71. The van der Waals surface area contributed by atoms with Gasteiger partial charge in [0, 0.05) is 32.2 Å². The number of hydrogen-bond acceptors (Lipinski definition) is 8. The first kappa shape index (κ1) is 28.2. The molecule has 0 spiro atoms. The quantitative estimate of drug-likeness (QED) is 0.213. The Morgan fingerprint density at radius 1 is 0.854 bits per heavy atom. The molecule has 0 bridgehead atoms. The molecular formula is C30H32F3N7O. The predicted molar refractivity (Wildman–Crippen MR) is 154 cm³/mol. The van der Waals surface area contributed by atoms with Gasteiger partial charge in [-0.25, -0.2) is 0 Å². The van der Waals surface area contributed by atoms with E-state index < -0.39 is 11.7 Å². The van der Waals surface area contributed by atoms with E-state index in [4.69, 9.17) is 5.73 Å². The number of nitrogens with zero attached hydrogens (tertiary/aromatic N) is 4. The van der Waals surface area contributed by atoms with Crippen LogP contribution in [-0.4, -0.2) is 45.7 Å². The maximum absolute atomic E-state index is 13.1. The summed E-state index contributed by atoms with van der Waals surface area (Å²) in [5.41, 5.74) is 8.87. The molecular weight excluding hydrogens is 531 g/mol. The zero-order valence-electron chi connectivity index (χ0n) is 22.4. The van der Waals surface area contributed by atoms with Crippen molar-refractivity contribution < 1.29 is 18.3 Å². The van der Waals surface area contributed by atoms with E-state index in [0.29, 0.717) is 42.9 Å². The van der Waals surface area contributed by atoms with E-state index >= 15 is 0 Å². The van der Waals surface area contributed by atoms with Gasteiger partial charge in [-0.15, -0.1) is 0 Å². The summed E-state index contributed by atoms with van der Waals surface area (Å²) in [5.74, 6) is 1.60. The maximum atomic E-state index is 13.1. The van der Waals surface area contributed by atoms with Gasteiger partial charge in [-0.3, -0.25) is 0 Å². The van der Waals surface area contributed by atoms with Crippen LogP contribution in [0.15, 0.2) is 72.8 Å². The lowest BCUT2D eigenvalue weighted by Crippen LogP contribution is -2.40. The van der Waals surface area contributed by atoms with E-state index in [1.54, 1.807) is 12.1 Å². The largest absolute Gasteiger partial charge is 0.508 e. The van der Waals surface area contributed by atoms with Crippen molar-refractivity contribution in [1.82, 2.24) is 15.0 Å². The van der Waals surface area contributed by atoms with Gasteiger partial charge in [0.1, 0.15) is 5.75 Å². The number of phenolic OH excluding ortho intramolecular Hbond substituents is 1. The minimum Gasteiger partial charge on any atom is -0.508 e. The molecule has 0 radical (unpaired) electrons. The Labute approximate surface area is 236 Å². The van der Waals surface area contributed by atoms with E-state index in [0.717, 1.165) is 54.8 Å². The third-order valence-electron chi connectivity index (χ3n) is 7.06. The second-order valence-corrected chi connectivity index (χ2v) is 10.0. The maximum Gasteiger partial charge on any atom is 0.416 e. The molecule has 1 aromatic heterocycles. The van der Waals surface area contributed by atoms with Crippen molar-refractivity contribution in [2.75, 3.05) is 35.2 Å². The number of benzene rings is 3. The van der Waals surface area contributed by atoms with Gasteiger partial charge in [0.25, 0.3) is 0 Å². The molecule has 0 amide bonds. The van der Waals surface area contributed by atoms with E-state index in [2.05, 4.69) is 30.5 Å². The molecule has 8 nitrogen and oxygen atoms in total. The predicted octanol–water partition coefficient (Wildman–Crippen LogP) is 5.46. The van der Waals surface area contributed by atoms with Gasteiger partial charge in [-0.05, 0) is 65.8 Å². The first-order valence-corrected chi connectivity index (χ1v) is 13.5. The van der Waals surface area contributed by atoms with Crippen LogP contribution in [0.1, 0.15) is 29.5 Å². The topological polar surface area (TPSA) is 112 Å². The Balaban J connectivity index is 1.33. The highest BCUT2D eigenvalue weighted by atomic mass is 19.4. The highest BCUT2D eigenvalue weighted by molar-refractivity contribution is 5.68. The molecule has 1 aliphatic heterocycles. The number of halogens is 3. The molecule has 11 heteroatoms. The highest BCUT2D eigenvalue weighted by Crippen LogP contribution is 2.32. The molecule has 0 aliphatic carbocycles. The molecule has 214 valence electrons. The van der Waals surface area contributed by atoms with Crippen LogP contribution < -0.4 is 21.3 Å². The van der Waals surface area contributed by atoms with Crippen molar-refractivity contribution in [3.63, 3.8) is 0 Å². The molecule has 4 aromatic rings. The van der Waals surface area contributed by atoms with Gasteiger partial charge >= 0.3 is 6.18 Å². The van der Waals surface area contributed by atoms with Crippen LogP contribution in [0.5, 0.6) is 5.75 Å². The summed E-state index contributed by atoms with van der Waals surface area (Å²) in [4.78, 5) is 16.0. The van der Waals surface area contributed by atoms with Crippen molar-refractivity contribution in [3.8, 4) is 16.9 Å². The molecule has 0 unspecified atom stereocenters. The number of nitrogens with two attached hydrogens (primary N) is 1. The number of anilines is 3. The molecule has 0 atom stereocenters.